The van der Waals surface area contributed by atoms with Crippen LogP contribution in [0.1, 0.15) is 29.8 Å². The Bertz CT molecular complexity index is 656. The molecule has 23 heavy (non-hydrogen) atoms. The van der Waals surface area contributed by atoms with E-state index in [1.165, 1.54) is 5.56 Å². The molecule has 0 bridgehead atoms. The van der Waals surface area contributed by atoms with E-state index in [0.29, 0.717) is 18.8 Å². The van der Waals surface area contributed by atoms with Gasteiger partial charge in [-0.15, -0.1) is 0 Å². The van der Waals surface area contributed by atoms with Crippen molar-refractivity contribution in [2.45, 2.75) is 31.8 Å². The minimum atomic E-state index is -0.335. The van der Waals surface area contributed by atoms with Crippen LogP contribution < -0.4 is 0 Å². The number of carbonyl (C=O) groups is 1. The molecule has 0 N–H and O–H groups in total. The van der Waals surface area contributed by atoms with E-state index in [-0.39, 0.29) is 17.5 Å². The van der Waals surface area contributed by atoms with Gasteiger partial charge in [-0.2, -0.15) is 0 Å². The monoisotopic (exact) mass is 310 g/mol. The van der Waals surface area contributed by atoms with Crippen LogP contribution in [0.2, 0.25) is 0 Å². The Morgan fingerprint density at radius 3 is 2.61 bits per heavy atom. The summed E-state index contributed by atoms with van der Waals surface area (Å²) in [5.41, 5.74) is 1.55. The number of benzene rings is 1. The Kier molecular flexibility index (Phi) is 4.44. The molecule has 1 aromatic heterocycles. The van der Waals surface area contributed by atoms with Gasteiger partial charge in [-0.3, -0.25) is 9.78 Å². The Morgan fingerprint density at radius 2 is 1.91 bits per heavy atom. The van der Waals surface area contributed by atoms with E-state index in [2.05, 4.69) is 31.0 Å². The van der Waals surface area contributed by atoms with Crippen molar-refractivity contribution in [3.05, 3.63) is 66.0 Å². The predicted molar refractivity (Wildman–Crippen MR) is 89.2 cm³/mol. The van der Waals surface area contributed by atoms with Gasteiger partial charge >= 0.3 is 0 Å². The molecule has 1 aliphatic rings. The van der Waals surface area contributed by atoms with Gasteiger partial charge in [0.25, 0.3) is 5.91 Å². The van der Waals surface area contributed by atoms with Crippen molar-refractivity contribution in [2.75, 3.05) is 13.2 Å². The van der Waals surface area contributed by atoms with Crippen molar-refractivity contribution in [3.63, 3.8) is 0 Å². The molecule has 4 nitrogen and oxygen atoms in total. The lowest BCUT2D eigenvalue weighted by atomic mass is 9.94. The van der Waals surface area contributed by atoms with Crippen LogP contribution in [0.4, 0.5) is 0 Å². The standard InChI is InChI=1S/C19H22N2O2/c1-19(2)14-23-13-17(12-15-6-4-3-5-7-15)21(19)18(22)16-8-10-20-11-9-16/h3-11,17H,12-14H2,1-2H3. The van der Waals surface area contributed by atoms with Crippen LogP contribution >= 0.6 is 0 Å². The van der Waals surface area contributed by atoms with Crippen LogP contribution in [0.5, 0.6) is 0 Å². The number of nitrogens with zero attached hydrogens (tertiary/aromatic N) is 2. The van der Waals surface area contributed by atoms with E-state index in [0.717, 1.165) is 6.42 Å². The van der Waals surface area contributed by atoms with Crippen LogP contribution in [0, 0.1) is 0 Å². The molecule has 3 rings (SSSR count). The highest BCUT2D eigenvalue weighted by Gasteiger charge is 2.40. The summed E-state index contributed by atoms with van der Waals surface area (Å²) >= 11 is 0. The fourth-order valence-corrected chi connectivity index (χ4v) is 3.19. The van der Waals surface area contributed by atoms with Crippen LogP contribution in [-0.2, 0) is 11.2 Å². The Balaban J connectivity index is 1.89. The van der Waals surface area contributed by atoms with Gasteiger partial charge < -0.3 is 9.64 Å². The third kappa shape index (κ3) is 3.42. The minimum Gasteiger partial charge on any atom is -0.377 e. The lowest BCUT2D eigenvalue weighted by Gasteiger charge is -2.47. The molecule has 0 saturated carbocycles. The molecular formula is C19H22N2O2. The number of hydrogen-bond donors (Lipinski definition) is 0. The average Bonchev–Trinajstić information content (AvgIpc) is 2.55. The Morgan fingerprint density at radius 1 is 1.22 bits per heavy atom. The molecule has 0 spiro atoms. The highest BCUT2D eigenvalue weighted by molar-refractivity contribution is 5.94. The molecule has 1 saturated heterocycles. The van der Waals surface area contributed by atoms with Crippen LogP contribution in [0.15, 0.2) is 54.9 Å². The summed E-state index contributed by atoms with van der Waals surface area (Å²) in [7, 11) is 0. The van der Waals surface area contributed by atoms with Gasteiger partial charge in [0.05, 0.1) is 24.8 Å². The second-order valence-electron chi connectivity index (χ2n) is 6.58. The van der Waals surface area contributed by atoms with Gasteiger partial charge in [0, 0.05) is 18.0 Å². The number of aromatic nitrogens is 1. The summed E-state index contributed by atoms with van der Waals surface area (Å²) in [5, 5.41) is 0. The van der Waals surface area contributed by atoms with E-state index in [4.69, 9.17) is 4.74 Å². The number of pyridine rings is 1. The molecule has 1 aromatic carbocycles. The van der Waals surface area contributed by atoms with Crippen molar-refractivity contribution >= 4 is 5.91 Å². The van der Waals surface area contributed by atoms with E-state index < -0.39 is 0 Å². The maximum absolute atomic E-state index is 13.1. The van der Waals surface area contributed by atoms with Gasteiger partial charge in [-0.25, -0.2) is 0 Å². The molecule has 1 unspecified atom stereocenters. The lowest BCUT2D eigenvalue weighted by molar-refractivity contribution is -0.0703. The summed E-state index contributed by atoms with van der Waals surface area (Å²) in [6, 6.07) is 13.8. The van der Waals surface area contributed by atoms with Crippen molar-refractivity contribution in [1.82, 2.24) is 9.88 Å². The molecule has 1 fully saturated rings. The summed E-state index contributed by atoms with van der Waals surface area (Å²) in [6.45, 7) is 5.23. The molecule has 1 atom stereocenters. The van der Waals surface area contributed by atoms with Gasteiger partial charge in [0.1, 0.15) is 0 Å². The van der Waals surface area contributed by atoms with Crippen molar-refractivity contribution < 1.29 is 9.53 Å². The number of rotatable bonds is 3. The number of carbonyl (C=O) groups excluding carboxylic acids is 1. The maximum atomic E-state index is 13.1. The topological polar surface area (TPSA) is 42.4 Å². The summed E-state index contributed by atoms with van der Waals surface area (Å²) < 4.78 is 5.78. The summed E-state index contributed by atoms with van der Waals surface area (Å²) in [6.07, 6.45) is 4.11. The SMILES string of the molecule is CC1(C)COCC(Cc2ccccc2)N1C(=O)c1ccncc1. The lowest BCUT2D eigenvalue weighted by Crippen LogP contribution is -2.61. The van der Waals surface area contributed by atoms with Crippen molar-refractivity contribution in [3.8, 4) is 0 Å². The number of hydrogen-bond acceptors (Lipinski definition) is 3. The maximum Gasteiger partial charge on any atom is 0.254 e. The molecular weight excluding hydrogens is 288 g/mol. The zero-order chi connectivity index (χ0) is 16.3. The number of ether oxygens (including phenoxy) is 1. The quantitative estimate of drug-likeness (QED) is 0.875. The number of morpholine rings is 1. The smallest absolute Gasteiger partial charge is 0.254 e. The highest BCUT2D eigenvalue weighted by atomic mass is 16.5. The van der Waals surface area contributed by atoms with Gasteiger partial charge in [-0.05, 0) is 38.0 Å². The fourth-order valence-electron chi connectivity index (χ4n) is 3.19. The van der Waals surface area contributed by atoms with Gasteiger partial charge in [0.2, 0.25) is 0 Å². The van der Waals surface area contributed by atoms with Crippen LogP contribution in [-0.4, -0.2) is 40.6 Å². The first-order valence-electron chi connectivity index (χ1n) is 7.93. The normalized spacial score (nSPS) is 20.3. The minimum absolute atomic E-state index is 0.0295. The first kappa shape index (κ1) is 15.7. The second kappa shape index (κ2) is 6.50. The summed E-state index contributed by atoms with van der Waals surface area (Å²) in [5.74, 6) is 0.0432. The zero-order valence-corrected chi connectivity index (χ0v) is 13.6. The summed E-state index contributed by atoms with van der Waals surface area (Å²) in [4.78, 5) is 19.0. The number of amides is 1. The van der Waals surface area contributed by atoms with Crippen molar-refractivity contribution in [2.24, 2.45) is 0 Å². The highest BCUT2D eigenvalue weighted by Crippen LogP contribution is 2.27. The molecule has 0 radical (unpaired) electrons. The van der Waals surface area contributed by atoms with E-state index in [1.807, 2.05) is 23.1 Å². The van der Waals surface area contributed by atoms with Crippen molar-refractivity contribution in [1.29, 1.82) is 0 Å². The fraction of sp³-hybridized carbons (Fsp3) is 0.368. The van der Waals surface area contributed by atoms with Gasteiger partial charge in [0.15, 0.2) is 0 Å². The first-order valence-corrected chi connectivity index (χ1v) is 7.93. The molecule has 0 aliphatic carbocycles. The predicted octanol–water partition coefficient (Wildman–Crippen LogP) is 2.94. The first-order chi connectivity index (χ1) is 11.1. The van der Waals surface area contributed by atoms with E-state index in [9.17, 15) is 4.79 Å². The third-order valence-corrected chi connectivity index (χ3v) is 4.24. The zero-order valence-electron chi connectivity index (χ0n) is 13.6. The Hall–Kier alpha value is -2.20. The molecule has 1 aliphatic heterocycles. The Labute approximate surface area is 137 Å². The largest absolute Gasteiger partial charge is 0.377 e. The third-order valence-electron chi connectivity index (χ3n) is 4.24. The van der Waals surface area contributed by atoms with Gasteiger partial charge in [-0.1, -0.05) is 30.3 Å². The molecule has 1 amide bonds. The second-order valence-corrected chi connectivity index (χ2v) is 6.58. The average molecular weight is 310 g/mol. The molecule has 2 aromatic rings. The molecule has 2 heterocycles. The van der Waals surface area contributed by atoms with E-state index in [1.54, 1.807) is 24.5 Å². The van der Waals surface area contributed by atoms with Crippen LogP contribution in [0.3, 0.4) is 0 Å². The van der Waals surface area contributed by atoms with Crippen LogP contribution in [0.25, 0.3) is 0 Å². The van der Waals surface area contributed by atoms with E-state index >= 15 is 0 Å². The molecule has 120 valence electrons. The molecule has 4 heteroatoms.